The van der Waals surface area contributed by atoms with Gasteiger partial charge >= 0.3 is 0 Å². The topological polar surface area (TPSA) is 84.5 Å². The van der Waals surface area contributed by atoms with Crippen molar-refractivity contribution in [3.63, 3.8) is 0 Å². The van der Waals surface area contributed by atoms with Crippen molar-refractivity contribution in [1.82, 2.24) is 0 Å². The summed E-state index contributed by atoms with van der Waals surface area (Å²) in [6, 6.07) is 19.0. The molecule has 0 radical (unpaired) electrons. The molecule has 3 aromatic carbocycles. The lowest BCUT2D eigenvalue weighted by atomic mass is 10.1. The number of rotatable bonds is 7. The van der Waals surface area contributed by atoms with Gasteiger partial charge in [-0.25, -0.2) is 8.42 Å². The average Bonchev–Trinajstić information content (AvgIpc) is 2.72. The maximum atomic E-state index is 12.7. The molecular weight excluding hydrogens is 412 g/mol. The number of ether oxygens (including phenoxy) is 1. The number of amides is 1. The van der Waals surface area contributed by atoms with Crippen LogP contribution in [0.3, 0.4) is 0 Å². The fourth-order valence-corrected chi connectivity index (χ4v) is 4.16. The zero-order valence-electron chi connectivity index (χ0n) is 18.0. The first kappa shape index (κ1) is 22.4. The van der Waals surface area contributed by atoms with Gasteiger partial charge in [0, 0.05) is 5.69 Å². The van der Waals surface area contributed by atoms with E-state index in [1.807, 2.05) is 57.2 Å². The molecule has 0 fully saturated rings. The molecule has 0 aliphatic heterocycles. The lowest BCUT2D eigenvalue weighted by Gasteiger charge is -2.16. The monoisotopic (exact) mass is 438 g/mol. The maximum Gasteiger partial charge on any atom is 0.265 e. The Hall–Kier alpha value is -3.32. The predicted molar refractivity (Wildman–Crippen MR) is 123 cm³/mol. The van der Waals surface area contributed by atoms with Crippen LogP contribution >= 0.6 is 0 Å². The van der Waals surface area contributed by atoms with Crippen molar-refractivity contribution in [3.05, 3.63) is 83.4 Å². The second kappa shape index (κ2) is 9.22. The molecule has 3 aromatic rings. The summed E-state index contributed by atoms with van der Waals surface area (Å²) in [4.78, 5) is 12.6. The lowest BCUT2D eigenvalue weighted by Crippen LogP contribution is -2.30. The third-order valence-corrected chi connectivity index (χ3v) is 6.21. The second-order valence-electron chi connectivity index (χ2n) is 7.46. The van der Waals surface area contributed by atoms with Crippen molar-refractivity contribution in [2.45, 2.75) is 38.7 Å². The van der Waals surface area contributed by atoms with E-state index in [9.17, 15) is 13.2 Å². The molecular formula is C24H26N2O4S. The van der Waals surface area contributed by atoms with E-state index in [0.717, 1.165) is 16.7 Å². The van der Waals surface area contributed by atoms with Gasteiger partial charge in [-0.1, -0.05) is 35.9 Å². The number of anilines is 2. The molecule has 0 aliphatic carbocycles. The van der Waals surface area contributed by atoms with Crippen molar-refractivity contribution >= 4 is 27.3 Å². The van der Waals surface area contributed by atoms with Gasteiger partial charge in [0.15, 0.2) is 6.10 Å². The normalized spacial score (nSPS) is 12.1. The van der Waals surface area contributed by atoms with Crippen LogP contribution in [0, 0.1) is 20.8 Å². The summed E-state index contributed by atoms with van der Waals surface area (Å²) in [6.07, 6.45) is -0.712. The summed E-state index contributed by atoms with van der Waals surface area (Å²) in [7, 11) is -3.74. The molecule has 0 aliphatic rings. The smallest absolute Gasteiger partial charge is 0.265 e. The molecule has 0 aromatic heterocycles. The summed E-state index contributed by atoms with van der Waals surface area (Å²) in [5, 5.41) is 2.75. The Labute approximate surface area is 183 Å². The molecule has 0 unspecified atom stereocenters. The van der Waals surface area contributed by atoms with Gasteiger partial charge in [-0.05, 0) is 75.2 Å². The van der Waals surface area contributed by atoms with E-state index < -0.39 is 16.1 Å². The molecule has 7 heteroatoms. The molecule has 2 N–H and O–H groups in total. The standard InChI is InChI=1S/C24H26N2O4S/c1-16-9-14-22(18(3)15-16)26-31(28,29)21-12-10-20(11-13-21)25-24(27)19(4)30-23-8-6-5-7-17(23)2/h5-15,19,26H,1-4H3,(H,25,27)/t19-/m1/s1. The highest BCUT2D eigenvalue weighted by molar-refractivity contribution is 7.92. The van der Waals surface area contributed by atoms with E-state index in [-0.39, 0.29) is 10.8 Å². The zero-order chi connectivity index (χ0) is 22.6. The van der Waals surface area contributed by atoms with Crippen LogP contribution in [-0.2, 0) is 14.8 Å². The highest BCUT2D eigenvalue weighted by Gasteiger charge is 2.18. The fourth-order valence-electron chi connectivity index (χ4n) is 3.03. The highest BCUT2D eigenvalue weighted by Crippen LogP contribution is 2.22. The van der Waals surface area contributed by atoms with Crippen LogP contribution in [0.5, 0.6) is 5.75 Å². The molecule has 1 amide bonds. The number of hydrogen-bond acceptors (Lipinski definition) is 4. The number of aryl methyl sites for hydroxylation is 3. The Kier molecular flexibility index (Phi) is 6.65. The molecule has 0 saturated heterocycles. The number of hydrogen-bond donors (Lipinski definition) is 2. The third kappa shape index (κ3) is 5.64. The number of carbonyl (C=O) groups is 1. The van der Waals surface area contributed by atoms with Gasteiger partial charge in [0.1, 0.15) is 5.75 Å². The highest BCUT2D eigenvalue weighted by atomic mass is 32.2. The van der Waals surface area contributed by atoms with Gasteiger partial charge in [-0.3, -0.25) is 9.52 Å². The molecule has 0 heterocycles. The van der Waals surface area contributed by atoms with Crippen LogP contribution in [0.15, 0.2) is 71.6 Å². The molecule has 1 atom stereocenters. The summed E-state index contributed by atoms with van der Waals surface area (Å²) in [5.74, 6) is 0.316. The average molecular weight is 439 g/mol. The van der Waals surface area contributed by atoms with E-state index in [0.29, 0.717) is 17.1 Å². The van der Waals surface area contributed by atoms with Crippen LogP contribution < -0.4 is 14.8 Å². The summed E-state index contributed by atoms with van der Waals surface area (Å²) in [5.41, 5.74) is 3.85. The van der Waals surface area contributed by atoms with Crippen LogP contribution in [0.1, 0.15) is 23.6 Å². The Morgan fingerprint density at radius 2 is 1.58 bits per heavy atom. The SMILES string of the molecule is Cc1ccc(NS(=O)(=O)c2ccc(NC(=O)[C@@H](C)Oc3ccccc3C)cc2)c(C)c1. The lowest BCUT2D eigenvalue weighted by molar-refractivity contribution is -0.122. The molecule has 3 rings (SSSR count). The van der Waals surface area contributed by atoms with Gasteiger partial charge in [0.05, 0.1) is 10.6 Å². The van der Waals surface area contributed by atoms with Gasteiger partial charge in [-0.2, -0.15) is 0 Å². The number of nitrogens with one attached hydrogen (secondary N) is 2. The van der Waals surface area contributed by atoms with E-state index in [4.69, 9.17) is 4.74 Å². The quantitative estimate of drug-likeness (QED) is 0.554. The number of carbonyl (C=O) groups excluding carboxylic acids is 1. The van der Waals surface area contributed by atoms with Crippen LogP contribution in [0.2, 0.25) is 0 Å². The van der Waals surface area contributed by atoms with Crippen molar-refractivity contribution in [3.8, 4) is 5.75 Å². The van der Waals surface area contributed by atoms with E-state index in [2.05, 4.69) is 10.0 Å². The summed E-state index contributed by atoms with van der Waals surface area (Å²) >= 11 is 0. The van der Waals surface area contributed by atoms with Gasteiger partial charge < -0.3 is 10.1 Å². The molecule has 6 nitrogen and oxygen atoms in total. The van der Waals surface area contributed by atoms with Crippen molar-refractivity contribution in [2.24, 2.45) is 0 Å². The molecule has 162 valence electrons. The maximum absolute atomic E-state index is 12.7. The van der Waals surface area contributed by atoms with Gasteiger partial charge in [0.25, 0.3) is 15.9 Å². The minimum absolute atomic E-state index is 0.106. The van der Waals surface area contributed by atoms with Crippen LogP contribution in [-0.4, -0.2) is 20.4 Å². The van der Waals surface area contributed by atoms with Crippen molar-refractivity contribution < 1.29 is 17.9 Å². The van der Waals surface area contributed by atoms with Crippen LogP contribution in [0.4, 0.5) is 11.4 Å². The first-order valence-electron chi connectivity index (χ1n) is 9.89. The molecule has 0 spiro atoms. The number of para-hydroxylation sites is 1. The van der Waals surface area contributed by atoms with Crippen LogP contribution in [0.25, 0.3) is 0 Å². The zero-order valence-corrected chi connectivity index (χ0v) is 18.8. The predicted octanol–water partition coefficient (Wildman–Crippen LogP) is 4.82. The van der Waals surface area contributed by atoms with E-state index in [1.54, 1.807) is 25.1 Å². The minimum atomic E-state index is -3.74. The summed E-state index contributed by atoms with van der Waals surface area (Å²) < 4.78 is 33.7. The van der Waals surface area contributed by atoms with Crippen molar-refractivity contribution in [1.29, 1.82) is 0 Å². The Balaban J connectivity index is 1.66. The second-order valence-corrected chi connectivity index (χ2v) is 9.15. The fraction of sp³-hybridized carbons (Fsp3) is 0.208. The first-order valence-corrected chi connectivity index (χ1v) is 11.4. The van der Waals surface area contributed by atoms with Gasteiger partial charge in [-0.15, -0.1) is 0 Å². The molecule has 31 heavy (non-hydrogen) atoms. The first-order chi connectivity index (χ1) is 14.7. The van der Waals surface area contributed by atoms with Crippen molar-refractivity contribution in [2.75, 3.05) is 10.0 Å². The molecule has 0 bridgehead atoms. The Bertz CT molecular complexity index is 1190. The van der Waals surface area contributed by atoms with Gasteiger partial charge in [0.2, 0.25) is 0 Å². The Morgan fingerprint density at radius 1 is 0.903 bits per heavy atom. The Morgan fingerprint density at radius 3 is 2.23 bits per heavy atom. The number of sulfonamides is 1. The molecule has 0 saturated carbocycles. The number of benzene rings is 3. The van der Waals surface area contributed by atoms with E-state index in [1.165, 1.54) is 12.1 Å². The van der Waals surface area contributed by atoms with E-state index >= 15 is 0 Å². The summed E-state index contributed by atoms with van der Waals surface area (Å²) in [6.45, 7) is 7.37. The third-order valence-electron chi connectivity index (χ3n) is 4.82. The largest absolute Gasteiger partial charge is 0.481 e. The minimum Gasteiger partial charge on any atom is -0.481 e.